The van der Waals surface area contributed by atoms with E-state index in [4.69, 9.17) is 19.4 Å². The summed E-state index contributed by atoms with van der Waals surface area (Å²) in [5.41, 5.74) is 4.14. The molecule has 4 aliphatic heterocycles. The number of halogens is 4. The van der Waals surface area contributed by atoms with Crippen molar-refractivity contribution < 1.29 is 46.2 Å². The van der Waals surface area contributed by atoms with Gasteiger partial charge in [-0.2, -0.15) is 9.97 Å². The van der Waals surface area contributed by atoms with Gasteiger partial charge in [-0.3, -0.25) is 19.2 Å². The fraction of sp³-hybridized carbons (Fsp3) is 0.538. The van der Waals surface area contributed by atoms with Crippen molar-refractivity contribution in [3.8, 4) is 11.5 Å². The molecular formula is C52H68F4N12O6. The molecule has 4 aromatic rings. The minimum atomic E-state index is -1.11. The number of hydrogen-bond acceptors (Lipinski definition) is 14. The lowest BCUT2D eigenvalue weighted by Crippen LogP contribution is -2.48. The lowest BCUT2D eigenvalue weighted by Gasteiger charge is -2.34. The van der Waals surface area contributed by atoms with Crippen LogP contribution in [0.3, 0.4) is 0 Å². The molecule has 74 heavy (non-hydrogen) atoms. The van der Waals surface area contributed by atoms with Crippen molar-refractivity contribution in [2.45, 2.75) is 105 Å². The van der Waals surface area contributed by atoms with Crippen molar-refractivity contribution in [2.75, 3.05) is 99.5 Å². The van der Waals surface area contributed by atoms with Crippen molar-refractivity contribution in [3.63, 3.8) is 0 Å². The highest BCUT2D eigenvalue weighted by atomic mass is 19.1. The molecule has 2 saturated heterocycles. The molecule has 18 nitrogen and oxygen atoms in total. The van der Waals surface area contributed by atoms with Crippen molar-refractivity contribution >= 4 is 47.2 Å². The van der Waals surface area contributed by atoms with E-state index in [9.17, 15) is 36.7 Å². The summed E-state index contributed by atoms with van der Waals surface area (Å²) in [6.07, 6.45) is -2.22. The number of fused-ring (bicyclic) bond motifs is 2. The van der Waals surface area contributed by atoms with Gasteiger partial charge in [-0.15, -0.1) is 0 Å². The third-order valence-electron chi connectivity index (χ3n) is 13.6. The van der Waals surface area contributed by atoms with E-state index in [1.165, 1.54) is 0 Å². The second kappa shape index (κ2) is 24.4. The van der Waals surface area contributed by atoms with Gasteiger partial charge in [0.1, 0.15) is 61.2 Å². The van der Waals surface area contributed by atoms with Gasteiger partial charge in [0, 0.05) is 101 Å². The SMILES string of the molecule is CC(=O)N1CCN(c2nc(N[C@@H](C)c3ccc(OC(CF)CF)cc3)c3c(n2)C(=O)N(C(C)C)C3)CC1.CC(=O)N1CCN(c2nc(N[C@H](C)c3ccc(OC(CF)CF)cc3)c3c(n2)C(=O)N(C(C)C)C3)CC1. The summed E-state index contributed by atoms with van der Waals surface area (Å²) in [6, 6.07) is 13.7. The summed E-state index contributed by atoms with van der Waals surface area (Å²) >= 11 is 0. The van der Waals surface area contributed by atoms with Gasteiger partial charge < -0.3 is 49.5 Å². The van der Waals surface area contributed by atoms with Crippen molar-refractivity contribution in [2.24, 2.45) is 0 Å². The summed E-state index contributed by atoms with van der Waals surface area (Å²) in [7, 11) is 0. The molecule has 0 unspecified atom stereocenters. The zero-order valence-corrected chi connectivity index (χ0v) is 43.4. The number of aromatic nitrogens is 4. The largest absolute Gasteiger partial charge is 0.485 e. The number of carbonyl (C=O) groups is 4. The third-order valence-corrected chi connectivity index (χ3v) is 13.6. The number of amides is 4. The highest BCUT2D eigenvalue weighted by Gasteiger charge is 2.37. The van der Waals surface area contributed by atoms with E-state index in [2.05, 4.69) is 20.6 Å². The predicted molar refractivity (Wildman–Crippen MR) is 273 cm³/mol. The number of benzene rings is 2. The quantitative estimate of drug-likeness (QED) is 0.100. The highest BCUT2D eigenvalue weighted by Crippen LogP contribution is 2.35. The van der Waals surface area contributed by atoms with Gasteiger partial charge in [0.05, 0.1) is 13.1 Å². The Hall–Kier alpha value is -7.00. The van der Waals surface area contributed by atoms with Crippen molar-refractivity contribution in [1.82, 2.24) is 39.5 Å². The molecule has 4 aliphatic rings. The van der Waals surface area contributed by atoms with Gasteiger partial charge in [-0.05, 0) is 76.9 Å². The van der Waals surface area contributed by atoms with Gasteiger partial charge in [-0.1, -0.05) is 24.3 Å². The molecule has 2 N–H and O–H groups in total. The zero-order chi connectivity index (χ0) is 53.4. The first-order valence-electron chi connectivity index (χ1n) is 25.2. The molecule has 2 aromatic carbocycles. The summed E-state index contributed by atoms with van der Waals surface area (Å²) in [4.78, 5) is 79.9. The van der Waals surface area contributed by atoms with Crippen LogP contribution in [0, 0.1) is 0 Å². The minimum absolute atomic E-state index is 0.0135. The number of nitrogens with zero attached hydrogens (tertiary/aromatic N) is 10. The second-order valence-corrected chi connectivity index (χ2v) is 19.4. The molecule has 22 heteroatoms. The van der Waals surface area contributed by atoms with Crippen molar-refractivity contribution in [3.05, 3.63) is 82.2 Å². The standard InChI is InChI=1S/2C26H34F2N6O3/c2*1-16(2)34-15-22-23(25(34)36)30-26(33-11-9-32(10-12-33)18(4)35)31-24(22)29-17(3)19-5-7-20(8-6-19)37-21(13-27)14-28/h2*5-8,16-17,21H,9-15H2,1-4H3,(H,29,30,31)/t2*17-/m10/s1. The predicted octanol–water partition coefficient (Wildman–Crippen LogP) is 6.74. The number of alkyl halides is 4. The topological polar surface area (TPSA) is 182 Å². The third kappa shape index (κ3) is 12.7. The summed E-state index contributed by atoms with van der Waals surface area (Å²) in [6.45, 7) is 16.8. The van der Waals surface area contributed by atoms with Crippen LogP contribution in [-0.2, 0) is 22.7 Å². The number of ether oxygens (including phenoxy) is 2. The molecule has 2 fully saturated rings. The maximum Gasteiger partial charge on any atom is 0.273 e. The van der Waals surface area contributed by atoms with Crippen LogP contribution in [-0.4, -0.2) is 167 Å². The lowest BCUT2D eigenvalue weighted by atomic mass is 10.1. The van der Waals surface area contributed by atoms with E-state index in [-0.39, 0.29) is 47.8 Å². The van der Waals surface area contributed by atoms with Crippen LogP contribution in [0.4, 0.5) is 41.1 Å². The molecule has 2 aromatic heterocycles. The average molecular weight is 1030 g/mol. The zero-order valence-electron chi connectivity index (χ0n) is 43.4. The molecule has 8 rings (SSSR count). The fourth-order valence-electron chi connectivity index (χ4n) is 8.99. The number of carbonyl (C=O) groups excluding carboxylic acids is 4. The van der Waals surface area contributed by atoms with Crippen LogP contribution < -0.4 is 29.9 Å². The van der Waals surface area contributed by atoms with E-state index in [1.54, 1.807) is 57.7 Å². The first-order chi connectivity index (χ1) is 35.4. The maximum absolute atomic E-state index is 13.2. The van der Waals surface area contributed by atoms with Gasteiger partial charge in [0.15, 0.2) is 12.2 Å². The van der Waals surface area contributed by atoms with Gasteiger partial charge >= 0.3 is 0 Å². The van der Waals surface area contributed by atoms with E-state index in [1.807, 2.05) is 75.6 Å². The van der Waals surface area contributed by atoms with Gasteiger partial charge in [0.25, 0.3) is 11.8 Å². The van der Waals surface area contributed by atoms with Crippen LogP contribution in [0.1, 0.15) is 111 Å². The molecule has 0 saturated carbocycles. The highest BCUT2D eigenvalue weighted by molar-refractivity contribution is 5.99. The molecule has 2 atom stereocenters. The summed E-state index contributed by atoms with van der Waals surface area (Å²) < 4.78 is 61.8. The normalized spacial score (nSPS) is 16.4. The van der Waals surface area contributed by atoms with E-state index < -0.39 is 38.9 Å². The van der Waals surface area contributed by atoms with Crippen LogP contribution in [0.25, 0.3) is 0 Å². The Morgan fingerprint density at radius 2 is 0.851 bits per heavy atom. The Balaban J connectivity index is 0.000000216. The first kappa shape index (κ1) is 54.8. The Bertz CT molecular complexity index is 2410. The van der Waals surface area contributed by atoms with E-state index >= 15 is 0 Å². The van der Waals surface area contributed by atoms with Gasteiger partial charge in [-0.25, -0.2) is 27.5 Å². The number of piperazine rings is 2. The van der Waals surface area contributed by atoms with Crippen molar-refractivity contribution in [1.29, 1.82) is 0 Å². The lowest BCUT2D eigenvalue weighted by molar-refractivity contribution is -0.129. The number of anilines is 4. The van der Waals surface area contributed by atoms with Crippen LogP contribution in [0.15, 0.2) is 48.5 Å². The second-order valence-electron chi connectivity index (χ2n) is 19.4. The molecule has 0 radical (unpaired) electrons. The van der Waals surface area contributed by atoms with Gasteiger partial charge in [0.2, 0.25) is 23.7 Å². The molecule has 0 spiro atoms. The number of nitrogens with one attached hydrogen (secondary N) is 2. The van der Waals surface area contributed by atoms with E-state index in [0.717, 1.165) is 22.3 Å². The number of rotatable bonds is 18. The minimum Gasteiger partial charge on any atom is -0.485 e. The maximum atomic E-state index is 13.2. The Labute approximate surface area is 429 Å². The number of hydrogen-bond donors (Lipinski definition) is 2. The monoisotopic (exact) mass is 1030 g/mol. The summed E-state index contributed by atoms with van der Waals surface area (Å²) in [5, 5.41) is 6.89. The van der Waals surface area contributed by atoms with Crippen LogP contribution >= 0.6 is 0 Å². The molecule has 0 bridgehead atoms. The summed E-state index contributed by atoms with van der Waals surface area (Å²) in [5.74, 6) is 2.72. The Morgan fingerprint density at radius 1 is 0.527 bits per heavy atom. The first-order valence-corrected chi connectivity index (χ1v) is 25.2. The Morgan fingerprint density at radius 3 is 1.14 bits per heavy atom. The molecule has 4 amide bonds. The molecule has 400 valence electrons. The molecular weight excluding hydrogens is 965 g/mol. The van der Waals surface area contributed by atoms with E-state index in [0.29, 0.717) is 112 Å². The molecule has 6 heterocycles. The smallest absolute Gasteiger partial charge is 0.273 e. The molecule has 0 aliphatic carbocycles. The fourth-order valence-corrected chi connectivity index (χ4v) is 8.99. The Kier molecular flexibility index (Phi) is 18.0. The average Bonchev–Trinajstić information content (AvgIpc) is 3.94. The van der Waals surface area contributed by atoms with Crippen LogP contribution in [0.2, 0.25) is 0 Å². The van der Waals surface area contributed by atoms with Crippen LogP contribution in [0.5, 0.6) is 11.5 Å².